The number of hydrogen-bond donors (Lipinski definition) is 1. The first-order valence-corrected chi connectivity index (χ1v) is 11.7. The molecule has 0 spiro atoms. The van der Waals surface area contributed by atoms with E-state index in [0.717, 1.165) is 49.0 Å². The van der Waals surface area contributed by atoms with Crippen molar-refractivity contribution in [3.63, 3.8) is 0 Å². The van der Waals surface area contributed by atoms with Crippen LogP contribution in [0, 0.1) is 6.92 Å². The molecule has 0 saturated carbocycles. The van der Waals surface area contributed by atoms with Crippen molar-refractivity contribution in [2.24, 2.45) is 0 Å². The molecule has 3 aromatic rings. The number of pyridine rings is 1. The predicted molar refractivity (Wildman–Crippen MR) is 123 cm³/mol. The highest BCUT2D eigenvalue weighted by molar-refractivity contribution is 5.88. The first-order valence-electron chi connectivity index (χ1n) is 11.7. The lowest BCUT2D eigenvalue weighted by Crippen LogP contribution is -2.40. The minimum absolute atomic E-state index is 0.0357. The summed E-state index contributed by atoms with van der Waals surface area (Å²) in [6, 6.07) is 6.54. The van der Waals surface area contributed by atoms with Crippen LogP contribution in [0.4, 0.5) is 14.6 Å². The van der Waals surface area contributed by atoms with Crippen molar-refractivity contribution in [3.8, 4) is 0 Å². The first-order chi connectivity index (χ1) is 15.8. The fraction of sp³-hybridized carbons (Fsp3) is 0.480. The molecule has 33 heavy (non-hydrogen) atoms. The summed E-state index contributed by atoms with van der Waals surface area (Å²) < 4.78 is 30.5. The zero-order valence-corrected chi connectivity index (χ0v) is 18.9. The van der Waals surface area contributed by atoms with Crippen LogP contribution in [0.15, 0.2) is 35.3 Å². The van der Waals surface area contributed by atoms with E-state index in [-0.39, 0.29) is 29.1 Å². The lowest BCUT2D eigenvalue weighted by Gasteiger charge is -2.28. The van der Waals surface area contributed by atoms with Crippen molar-refractivity contribution in [1.29, 1.82) is 0 Å². The summed E-state index contributed by atoms with van der Waals surface area (Å²) in [4.78, 5) is 24.6. The van der Waals surface area contributed by atoms with Crippen LogP contribution in [0.3, 0.4) is 0 Å². The van der Waals surface area contributed by atoms with Gasteiger partial charge in [0.15, 0.2) is 0 Å². The molecular weight excluding hydrogens is 424 g/mol. The van der Waals surface area contributed by atoms with Gasteiger partial charge in [0.25, 0.3) is 11.5 Å². The number of nitrogens with zero attached hydrogens (tertiary/aromatic N) is 4. The van der Waals surface area contributed by atoms with Crippen LogP contribution in [0.1, 0.15) is 54.7 Å². The van der Waals surface area contributed by atoms with Crippen molar-refractivity contribution in [3.05, 3.63) is 63.3 Å². The summed E-state index contributed by atoms with van der Waals surface area (Å²) in [6.45, 7) is 6.69. The number of anilines is 1. The zero-order chi connectivity index (χ0) is 23.0. The van der Waals surface area contributed by atoms with Gasteiger partial charge in [0.1, 0.15) is 11.6 Å². The summed E-state index contributed by atoms with van der Waals surface area (Å²) in [7, 11) is 0. The van der Waals surface area contributed by atoms with E-state index in [0.29, 0.717) is 23.6 Å². The Morgan fingerprint density at radius 2 is 1.94 bits per heavy atom. The van der Waals surface area contributed by atoms with Crippen LogP contribution in [-0.4, -0.2) is 39.1 Å². The molecule has 172 valence electrons. The van der Waals surface area contributed by atoms with Crippen molar-refractivity contribution in [1.82, 2.24) is 19.4 Å². The predicted octanol–water partition coefficient (Wildman–Crippen LogP) is 4.12. The quantitative estimate of drug-likeness (QED) is 0.647. The first kappa shape index (κ1) is 20.7. The molecule has 8 heteroatoms. The smallest absolute Gasteiger partial charge is 0.273 e. The Morgan fingerprint density at radius 1 is 1.15 bits per heavy atom. The number of aromatic nitrogens is 3. The van der Waals surface area contributed by atoms with Gasteiger partial charge in [-0.1, -0.05) is 18.2 Å². The van der Waals surface area contributed by atoms with Gasteiger partial charge in [-0.05, 0) is 44.2 Å². The van der Waals surface area contributed by atoms with Crippen LogP contribution in [0.2, 0.25) is 0 Å². The minimum atomic E-state index is -2.77. The maximum Gasteiger partial charge on any atom is 0.273 e. The number of piperidine rings is 1. The Morgan fingerprint density at radius 3 is 2.67 bits per heavy atom. The molecule has 2 saturated heterocycles. The fourth-order valence-electron chi connectivity index (χ4n) is 6.05. The summed E-state index contributed by atoms with van der Waals surface area (Å²) in [5.74, 6) is -1.58. The standard InChI is InChI=1S/C25H27F2N5O/c1-15(17-4-3-5-20-18(17)6-7-25(20,26)27)28-23-19-13-32(24-8-10-31(14-24)11-9-24)22(33)12-21(19)29-16(2)30-23/h3-5,12-13,15H,6-11,14H2,1-2H3,(H,28,29,30)/t15-/m1/s1. The number of fused-ring (bicyclic) bond motifs is 4. The van der Waals surface area contributed by atoms with Crippen molar-refractivity contribution in [2.45, 2.75) is 57.0 Å². The molecule has 0 amide bonds. The topological polar surface area (TPSA) is 63.1 Å². The van der Waals surface area contributed by atoms with E-state index in [9.17, 15) is 13.6 Å². The summed E-state index contributed by atoms with van der Waals surface area (Å²) in [6.07, 6.45) is 4.06. The number of alkyl halides is 2. The number of hydrogen-bond acceptors (Lipinski definition) is 5. The lowest BCUT2D eigenvalue weighted by atomic mass is 9.94. The van der Waals surface area contributed by atoms with Crippen LogP contribution >= 0.6 is 0 Å². The highest BCUT2D eigenvalue weighted by Gasteiger charge is 2.45. The number of aryl methyl sites for hydroxylation is 1. The average molecular weight is 452 g/mol. The Hall–Kier alpha value is -2.87. The number of rotatable bonds is 4. The van der Waals surface area contributed by atoms with E-state index in [1.165, 1.54) is 6.07 Å². The second-order valence-corrected chi connectivity index (χ2v) is 9.84. The number of nitrogens with one attached hydrogen (secondary N) is 1. The third-order valence-electron chi connectivity index (χ3n) is 7.77. The van der Waals surface area contributed by atoms with Gasteiger partial charge in [-0.2, -0.15) is 0 Å². The zero-order valence-electron chi connectivity index (χ0n) is 18.9. The molecule has 2 fully saturated rings. The van der Waals surface area contributed by atoms with Gasteiger partial charge in [-0.25, -0.2) is 18.7 Å². The van der Waals surface area contributed by atoms with Gasteiger partial charge in [0.05, 0.1) is 22.5 Å². The summed E-state index contributed by atoms with van der Waals surface area (Å²) in [5.41, 5.74) is 2.13. The third-order valence-corrected chi connectivity index (χ3v) is 7.77. The minimum Gasteiger partial charge on any atom is -0.363 e. The normalized spacial score (nSPS) is 26.0. The molecule has 2 bridgehead atoms. The molecule has 2 aromatic heterocycles. The Labute approximate surface area is 190 Å². The number of halogens is 2. The van der Waals surface area contributed by atoms with E-state index in [2.05, 4.69) is 20.2 Å². The molecule has 1 aromatic carbocycles. The van der Waals surface area contributed by atoms with Crippen molar-refractivity contribution in [2.75, 3.05) is 25.0 Å². The fourth-order valence-corrected chi connectivity index (χ4v) is 6.05. The molecule has 1 atom stereocenters. The molecule has 4 heterocycles. The monoisotopic (exact) mass is 451 g/mol. The SMILES string of the molecule is Cc1nc(N[C@H](C)c2cccc3c2CCC3(F)F)c2cn(C34CCN(CC3)C4)c(=O)cc2n1. The second-order valence-electron chi connectivity index (χ2n) is 9.84. The van der Waals surface area contributed by atoms with E-state index >= 15 is 0 Å². The molecule has 0 radical (unpaired) electrons. The maximum absolute atomic E-state index is 14.3. The van der Waals surface area contributed by atoms with Gasteiger partial charge >= 0.3 is 0 Å². The number of benzene rings is 1. The van der Waals surface area contributed by atoms with Gasteiger partial charge in [-0.3, -0.25) is 4.79 Å². The average Bonchev–Trinajstić information content (AvgIpc) is 3.47. The van der Waals surface area contributed by atoms with Crippen LogP contribution < -0.4 is 10.9 Å². The highest BCUT2D eigenvalue weighted by atomic mass is 19.3. The molecule has 6 rings (SSSR count). The molecule has 1 aliphatic carbocycles. The van der Waals surface area contributed by atoms with Crippen LogP contribution in [-0.2, 0) is 17.9 Å². The van der Waals surface area contributed by atoms with Gasteiger partial charge < -0.3 is 14.8 Å². The molecular formula is C25H27F2N5O. The molecule has 0 unspecified atom stereocenters. The Balaban J connectivity index is 1.42. The van der Waals surface area contributed by atoms with Crippen molar-refractivity contribution >= 4 is 16.7 Å². The second kappa shape index (κ2) is 7.06. The van der Waals surface area contributed by atoms with E-state index in [1.54, 1.807) is 19.1 Å². The summed E-state index contributed by atoms with van der Waals surface area (Å²) >= 11 is 0. The van der Waals surface area contributed by atoms with E-state index < -0.39 is 5.92 Å². The van der Waals surface area contributed by atoms with Crippen LogP contribution in [0.25, 0.3) is 10.9 Å². The Bertz CT molecular complexity index is 1330. The molecule has 6 nitrogen and oxygen atoms in total. The Kier molecular flexibility index (Phi) is 4.43. The largest absolute Gasteiger partial charge is 0.363 e. The maximum atomic E-state index is 14.3. The third kappa shape index (κ3) is 3.18. The molecule has 1 N–H and O–H groups in total. The van der Waals surface area contributed by atoms with Crippen molar-refractivity contribution < 1.29 is 8.78 Å². The lowest BCUT2D eigenvalue weighted by molar-refractivity contribution is -0.00184. The van der Waals surface area contributed by atoms with E-state index in [1.807, 2.05) is 23.8 Å². The van der Waals surface area contributed by atoms with Gasteiger partial charge in [-0.15, -0.1) is 0 Å². The van der Waals surface area contributed by atoms with Gasteiger partial charge in [0.2, 0.25) is 0 Å². The van der Waals surface area contributed by atoms with Crippen LogP contribution in [0.5, 0.6) is 0 Å². The summed E-state index contributed by atoms with van der Waals surface area (Å²) in [5, 5.41) is 4.24. The molecule has 3 aliphatic rings. The van der Waals surface area contributed by atoms with E-state index in [4.69, 9.17) is 0 Å². The highest BCUT2D eigenvalue weighted by Crippen LogP contribution is 2.44. The molecule has 2 aliphatic heterocycles. The van der Waals surface area contributed by atoms with Gasteiger partial charge in [0, 0.05) is 43.9 Å².